The lowest BCUT2D eigenvalue weighted by atomic mass is 9.46. The molecular formula is C51H59N3O11. The number of aliphatic hydroxyl groups is 2. The van der Waals surface area contributed by atoms with E-state index in [-0.39, 0.29) is 60.2 Å². The second-order valence-electron chi connectivity index (χ2n) is 19.5. The molecular weight excluding hydrogens is 831 g/mol. The smallest absolute Gasteiger partial charge is 0.253 e. The van der Waals surface area contributed by atoms with Crippen molar-refractivity contribution >= 4 is 40.9 Å². The highest BCUT2D eigenvalue weighted by atomic mass is 16.7. The van der Waals surface area contributed by atoms with Crippen molar-refractivity contribution in [2.24, 2.45) is 40.4 Å². The summed E-state index contributed by atoms with van der Waals surface area (Å²) in [5, 5.41) is 27.9. The highest BCUT2D eigenvalue weighted by Crippen LogP contribution is 2.70. The summed E-state index contributed by atoms with van der Waals surface area (Å²) in [7, 11) is 0. The Bertz CT molecular complexity index is 2350. The molecule has 3 saturated carbocycles. The molecule has 0 spiro atoms. The summed E-state index contributed by atoms with van der Waals surface area (Å²) >= 11 is 0. The van der Waals surface area contributed by atoms with Gasteiger partial charge in [0.15, 0.2) is 23.5 Å². The number of fused-ring (bicyclic) bond motifs is 7. The molecule has 0 aromatic heterocycles. The number of ketones is 2. The Morgan fingerprint density at radius 1 is 0.969 bits per heavy atom. The van der Waals surface area contributed by atoms with Gasteiger partial charge in [-0.15, -0.1) is 0 Å². The topological polar surface area (TPSA) is 198 Å². The molecule has 1 saturated heterocycles. The largest absolute Gasteiger partial charge is 0.457 e. The van der Waals surface area contributed by atoms with Crippen LogP contribution >= 0.6 is 0 Å². The lowest BCUT2D eigenvalue weighted by Gasteiger charge is -2.59. The van der Waals surface area contributed by atoms with Gasteiger partial charge in [0.05, 0.1) is 18.2 Å². The minimum Gasteiger partial charge on any atom is -0.457 e. The van der Waals surface area contributed by atoms with Crippen molar-refractivity contribution in [3.8, 4) is 11.5 Å². The third-order valence-electron chi connectivity index (χ3n) is 15.1. The molecule has 14 heteroatoms. The third kappa shape index (κ3) is 8.23. The van der Waals surface area contributed by atoms with Crippen molar-refractivity contribution in [1.82, 2.24) is 10.2 Å². The van der Waals surface area contributed by atoms with Gasteiger partial charge in [-0.05, 0) is 85.4 Å². The number of anilines is 1. The van der Waals surface area contributed by atoms with Gasteiger partial charge in [-0.3, -0.25) is 33.7 Å². The number of Topliss-reactive ketones (excluding diaryl/α,β-unsaturated/α-hetero) is 2. The van der Waals surface area contributed by atoms with Crippen LogP contribution in [0.2, 0.25) is 0 Å². The van der Waals surface area contributed by atoms with Crippen LogP contribution in [0.5, 0.6) is 11.5 Å². The van der Waals surface area contributed by atoms with Crippen molar-refractivity contribution in [2.45, 2.75) is 103 Å². The summed E-state index contributed by atoms with van der Waals surface area (Å²) in [4.78, 5) is 77.5. The molecule has 2 aromatic rings. The van der Waals surface area contributed by atoms with Gasteiger partial charge in [0.2, 0.25) is 11.8 Å². The Labute approximate surface area is 379 Å². The van der Waals surface area contributed by atoms with E-state index in [2.05, 4.69) is 36.3 Å². The van der Waals surface area contributed by atoms with Gasteiger partial charge in [-0.2, -0.15) is 0 Å². The van der Waals surface area contributed by atoms with Gasteiger partial charge in [0.1, 0.15) is 18.1 Å². The second kappa shape index (κ2) is 17.7. The summed E-state index contributed by atoms with van der Waals surface area (Å²) in [6, 6.07) is 13.1. The standard InChI is InChI=1S/C51H59N3O11/c1-28(2)46(53-42(59)20-22-54-43(60)17-18-44(54)61)38(56)24-30(4)47(62)52-33-10-14-35(15-11-33)63-34-12-7-31(8-13-34)48-64-41-25-37-36-16-9-32-23-29(3)19-21-49(32,5)45(36)39(57)26-50(37,6)51(41,65-48)40(58)27-55/h7-8,10-15,17-19,21,23,28,30,36-37,39,41,45-46,48,55,57H,3,9,16,20,22,24-27H2,1-2,4-6H3,(H,52,62)(H,53,59)/t30-,36+,37+,39+,41-,45-,46+,48-,49+,50+,51-/m1/s1. The maximum atomic E-state index is 14.0. The SMILES string of the molecule is C=C1C=C[C@@]2(C)C(=C1)CC[C@@H]1[C@@H]2[C@@H](O)C[C@@]2(C)[C@H]1C[C@H]1O[C@@H](c3ccc(Oc4ccc(NC(=O)[C@H](C)CC(=O)[C@@H](NC(=O)CCN5C(=O)C=CC5=O)C(C)C)cc4)cc3)O[C@]12C(=O)CO. The summed E-state index contributed by atoms with van der Waals surface area (Å²) in [5.74, 6) is -2.38. The molecule has 14 nitrogen and oxygen atoms in total. The average molecular weight is 890 g/mol. The molecule has 0 unspecified atom stereocenters. The number of nitrogens with one attached hydrogen (secondary N) is 2. The zero-order valence-electron chi connectivity index (χ0n) is 37.6. The number of hydrogen-bond acceptors (Lipinski definition) is 11. The first kappa shape index (κ1) is 46.0. The predicted molar refractivity (Wildman–Crippen MR) is 239 cm³/mol. The van der Waals surface area contributed by atoms with Crippen LogP contribution in [0.1, 0.15) is 85.0 Å². The third-order valence-corrected chi connectivity index (χ3v) is 15.1. The average Bonchev–Trinajstić information content (AvgIpc) is 3.90. The molecule has 4 fully saturated rings. The molecule has 2 aliphatic heterocycles. The summed E-state index contributed by atoms with van der Waals surface area (Å²) in [6.07, 6.45) is 8.95. The molecule has 344 valence electrons. The van der Waals surface area contributed by atoms with E-state index in [1.54, 1.807) is 57.2 Å². The highest BCUT2D eigenvalue weighted by molar-refractivity contribution is 6.13. The first-order valence-corrected chi connectivity index (χ1v) is 22.7. The van der Waals surface area contributed by atoms with E-state index in [4.69, 9.17) is 14.2 Å². The Balaban J connectivity index is 0.856. The number of amides is 4. The number of hydrogen-bond donors (Lipinski definition) is 4. The molecule has 4 N–H and O–H groups in total. The van der Waals surface area contributed by atoms with E-state index < -0.39 is 71.6 Å². The predicted octanol–water partition coefficient (Wildman–Crippen LogP) is 6.06. The minimum absolute atomic E-state index is 0.0257. The molecule has 4 amide bonds. The van der Waals surface area contributed by atoms with Gasteiger partial charge < -0.3 is 35.1 Å². The first-order valence-electron chi connectivity index (χ1n) is 22.7. The molecule has 6 aliphatic rings. The molecule has 65 heavy (non-hydrogen) atoms. The Hall–Kier alpha value is -5.54. The number of benzene rings is 2. The van der Waals surface area contributed by atoms with Crippen molar-refractivity contribution in [1.29, 1.82) is 0 Å². The van der Waals surface area contributed by atoms with E-state index >= 15 is 0 Å². The number of nitrogens with zero attached hydrogens (tertiary/aromatic N) is 1. The fourth-order valence-electron chi connectivity index (χ4n) is 11.9. The normalized spacial score (nSPS) is 32.0. The summed E-state index contributed by atoms with van der Waals surface area (Å²) in [6.45, 7) is 12.8. The number of ether oxygens (including phenoxy) is 3. The summed E-state index contributed by atoms with van der Waals surface area (Å²) < 4.78 is 19.5. The van der Waals surface area contributed by atoms with Gasteiger partial charge in [-0.1, -0.05) is 77.1 Å². The van der Waals surface area contributed by atoms with Crippen LogP contribution in [0.3, 0.4) is 0 Å². The Morgan fingerprint density at radius 3 is 2.28 bits per heavy atom. The van der Waals surface area contributed by atoms with Gasteiger partial charge in [-0.25, -0.2) is 0 Å². The van der Waals surface area contributed by atoms with Crippen LogP contribution in [0.15, 0.2) is 96.6 Å². The van der Waals surface area contributed by atoms with Crippen molar-refractivity contribution in [2.75, 3.05) is 18.5 Å². The molecule has 2 aromatic carbocycles. The van der Waals surface area contributed by atoms with Crippen LogP contribution in [0, 0.1) is 40.4 Å². The highest BCUT2D eigenvalue weighted by Gasteiger charge is 2.75. The number of rotatable bonds is 15. The van der Waals surface area contributed by atoms with Crippen LogP contribution in [-0.2, 0) is 38.2 Å². The maximum Gasteiger partial charge on any atom is 0.253 e. The summed E-state index contributed by atoms with van der Waals surface area (Å²) in [5.41, 5.74) is 0.921. The minimum atomic E-state index is -1.43. The number of allylic oxidation sites excluding steroid dienone is 5. The van der Waals surface area contributed by atoms with Crippen LogP contribution in [-0.4, -0.2) is 87.3 Å². The Morgan fingerprint density at radius 2 is 1.63 bits per heavy atom. The van der Waals surface area contributed by atoms with Gasteiger partial charge in [0, 0.05) is 65.5 Å². The molecule has 0 bridgehead atoms. The number of carbonyl (C=O) groups excluding carboxylic acids is 6. The van der Waals surface area contributed by atoms with Crippen molar-refractivity contribution in [3.63, 3.8) is 0 Å². The van der Waals surface area contributed by atoms with E-state index in [1.165, 1.54) is 5.57 Å². The number of imide groups is 1. The van der Waals surface area contributed by atoms with Gasteiger partial charge >= 0.3 is 0 Å². The monoisotopic (exact) mass is 889 g/mol. The van der Waals surface area contributed by atoms with Crippen molar-refractivity contribution < 1.29 is 53.2 Å². The van der Waals surface area contributed by atoms with E-state index in [1.807, 2.05) is 25.1 Å². The molecule has 2 heterocycles. The van der Waals surface area contributed by atoms with Crippen LogP contribution < -0.4 is 15.4 Å². The molecule has 8 rings (SSSR count). The molecule has 0 radical (unpaired) electrons. The van der Waals surface area contributed by atoms with Gasteiger partial charge in [0.25, 0.3) is 11.8 Å². The van der Waals surface area contributed by atoms with E-state index in [0.717, 1.165) is 35.5 Å². The fourth-order valence-corrected chi connectivity index (χ4v) is 11.9. The van der Waals surface area contributed by atoms with E-state index in [0.29, 0.717) is 35.6 Å². The zero-order chi connectivity index (χ0) is 46.6. The zero-order valence-corrected chi connectivity index (χ0v) is 37.6. The van der Waals surface area contributed by atoms with Crippen LogP contribution in [0.4, 0.5) is 5.69 Å². The lowest BCUT2D eigenvalue weighted by Crippen LogP contribution is -2.63. The quantitative estimate of drug-likeness (QED) is 0.152. The fraction of sp³-hybridized carbons (Fsp3) is 0.490. The number of aliphatic hydroxyl groups excluding tert-OH is 2. The Kier molecular flexibility index (Phi) is 12.5. The van der Waals surface area contributed by atoms with Crippen molar-refractivity contribution in [3.05, 3.63) is 102 Å². The maximum absolute atomic E-state index is 14.0. The van der Waals surface area contributed by atoms with E-state index in [9.17, 15) is 39.0 Å². The first-order chi connectivity index (χ1) is 30.9. The van der Waals surface area contributed by atoms with Crippen LogP contribution in [0.25, 0.3) is 0 Å². The number of carbonyl (C=O) groups is 6. The molecule has 11 atom stereocenters. The molecule has 4 aliphatic carbocycles. The second-order valence-corrected chi connectivity index (χ2v) is 19.5. The lowest BCUT2D eigenvalue weighted by molar-refractivity contribution is -0.201.